The lowest BCUT2D eigenvalue weighted by atomic mass is 10.0. The number of rotatable bonds is 64. The van der Waals surface area contributed by atoms with Crippen molar-refractivity contribution in [3.05, 3.63) is 29.8 Å². The maximum Gasteiger partial charge on any atom is 0.303 e. The molecule has 0 aliphatic rings. The highest BCUT2D eigenvalue weighted by atomic mass is 16.5. The second-order valence-electron chi connectivity index (χ2n) is 24.9. The Morgan fingerprint density at radius 3 is 1.23 bits per heavy atom. The first kappa shape index (κ1) is 91.9. The van der Waals surface area contributed by atoms with Gasteiger partial charge in [-0.1, -0.05) is 109 Å². The number of unbranched alkanes of at least 4 members (excludes halogenated alkanes) is 15. The Bertz CT molecular complexity index is 2640. The van der Waals surface area contributed by atoms with Gasteiger partial charge in [-0.2, -0.15) is 0 Å². The third-order valence-electron chi connectivity index (χ3n) is 15.7. The van der Waals surface area contributed by atoms with Crippen LogP contribution in [0.4, 0.5) is 0 Å². The molecule has 34 nitrogen and oxygen atoms in total. The summed E-state index contributed by atoms with van der Waals surface area (Å²) in [6.07, 6.45) is 17.8. The second-order valence-corrected chi connectivity index (χ2v) is 24.9. The van der Waals surface area contributed by atoms with Gasteiger partial charge in [0.15, 0.2) is 0 Å². The van der Waals surface area contributed by atoms with E-state index in [0.29, 0.717) is 31.6 Å². The van der Waals surface area contributed by atoms with Gasteiger partial charge in [-0.3, -0.25) is 62.3 Å². The Morgan fingerprint density at radius 2 is 0.794 bits per heavy atom. The number of aromatic hydroxyl groups is 1. The Kier molecular flexibility index (Phi) is 52.6. The summed E-state index contributed by atoms with van der Waals surface area (Å²) in [5, 5.41) is 63.5. The molecule has 580 valence electrons. The zero-order valence-corrected chi connectivity index (χ0v) is 59.9. The average molecular weight is 1450 g/mol. The molecule has 0 aliphatic carbocycles. The van der Waals surface area contributed by atoms with Crippen molar-refractivity contribution in [1.29, 1.82) is 0 Å². The standard InChI is InChI=1S/C68H117N13O21/c1-4-32-73-63(93)53(42-48-23-25-49(84)26-24-48)79-64(94)50(27-29-56(69)85)76-66(96)52(31-35-81(2)3)78-68(98)55(45-83)80-65(95)51(28-30-57(70)86)77-67(97)54(44-82)75-59(88)43-74-61(90)47-102-41-39-100-37-34-72-60(89)46-101-40-38-99-36-33-71-58(87)21-19-17-15-13-11-9-7-5-6-8-10-12-14-16-18-20-22-62(91)92/h23-26,50-55,82-84H,4-22,27-47H2,1-3H3,(H2,69,85)(H2,70,86)(H,71,87)(H,72,89)(H,73,93)(H,74,90)(H,75,88)(H,76,96)(H,77,97)(H,78,98)(H,79,94)(H,80,95)(H,91,92)/t50-,51-,52-,53-,54+,55-/m0/s1. The molecular weight excluding hydrogens is 1330 g/mol. The van der Waals surface area contributed by atoms with Crippen LogP contribution >= 0.6 is 0 Å². The Hall–Kier alpha value is -8.15. The smallest absolute Gasteiger partial charge is 0.303 e. The van der Waals surface area contributed by atoms with Crippen LogP contribution in [-0.2, 0) is 87.7 Å². The first-order chi connectivity index (χ1) is 48.9. The lowest BCUT2D eigenvalue weighted by Crippen LogP contribution is -2.61. The van der Waals surface area contributed by atoms with Gasteiger partial charge in [0.05, 0.1) is 59.4 Å². The molecular formula is C68H117N13O21. The monoisotopic (exact) mass is 1450 g/mol. The van der Waals surface area contributed by atoms with Gasteiger partial charge >= 0.3 is 5.97 Å². The number of nitrogens with one attached hydrogen (secondary N) is 10. The van der Waals surface area contributed by atoms with Gasteiger partial charge in [0.25, 0.3) is 0 Å². The van der Waals surface area contributed by atoms with Crippen molar-refractivity contribution in [1.82, 2.24) is 58.1 Å². The quantitative estimate of drug-likeness (QED) is 0.0325. The van der Waals surface area contributed by atoms with Crippen molar-refractivity contribution >= 4 is 76.9 Å². The molecule has 0 saturated carbocycles. The number of carboxylic acids is 1. The van der Waals surface area contributed by atoms with E-state index in [-0.39, 0.29) is 103 Å². The largest absolute Gasteiger partial charge is 0.508 e. The molecule has 0 aliphatic heterocycles. The van der Waals surface area contributed by atoms with Crippen LogP contribution in [0.1, 0.15) is 167 Å². The number of hydrogen-bond donors (Lipinski definition) is 16. The summed E-state index contributed by atoms with van der Waals surface area (Å²) in [6, 6.07) is -3.53. The maximum absolute atomic E-state index is 14.0. The normalized spacial score (nSPS) is 12.8. The molecule has 1 aromatic carbocycles. The van der Waals surface area contributed by atoms with Crippen molar-refractivity contribution in [2.24, 2.45) is 11.5 Å². The maximum atomic E-state index is 14.0. The van der Waals surface area contributed by atoms with Crippen molar-refractivity contribution in [3.63, 3.8) is 0 Å². The first-order valence-electron chi connectivity index (χ1n) is 35.5. The number of carboxylic acid groups (broad SMARTS) is 1. The highest BCUT2D eigenvalue weighted by Gasteiger charge is 2.34. The van der Waals surface area contributed by atoms with Crippen molar-refractivity contribution in [3.8, 4) is 5.75 Å². The number of benzene rings is 1. The molecule has 0 radical (unpaired) electrons. The molecule has 18 N–H and O–H groups in total. The lowest BCUT2D eigenvalue weighted by molar-refractivity contribution is -0.137. The van der Waals surface area contributed by atoms with Gasteiger partial charge in [-0.15, -0.1) is 0 Å². The van der Waals surface area contributed by atoms with E-state index in [1.54, 1.807) is 31.1 Å². The SMILES string of the molecule is CCCNC(=O)[C@H](Cc1ccc(O)cc1)NC(=O)[C@H](CCC(N)=O)NC(=O)[C@H](CCN(C)C)NC(=O)[C@H](CO)NC(=O)[C@H](CCC(N)=O)NC(=O)[C@@H](CO)NC(=O)CNC(=O)COCCOCCNC(=O)COCCOCCNC(=O)CCCCCCCCCCCCCCCCCCC(=O)O. The highest BCUT2D eigenvalue weighted by Crippen LogP contribution is 2.16. The van der Waals surface area contributed by atoms with Crippen LogP contribution in [0, 0.1) is 0 Å². The van der Waals surface area contributed by atoms with Crippen molar-refractivity contribution in [2.75, 3.05) is 113 Å². The molecule has 6 atom stereocenters. The minimum Gasteiger partial charge on any atom is -0.508 e. The van der Waals surface area contributed by atoms with Gasteiger partial charge in [0.1, 0.15) is 55.2 Å². The third kappa shape index (κ3) is 48.6. The predicted octanol–water partition coefficient (Wildman–Crippen LogP) is -1.64. The molecule has 1 aromatic rings. The van der Waals surface area contributed by atoms with E-state index in [2.05, 4.69) is 53.2 Å². The average Bonchev–Trinajstić information content (AvgIpc) is 0.871. The van der Waals surface area contributed by atoms with Crippen LogP contribution in [0.3, 0.4) is 0 Å². The summed E-state index contributed by atoms with van der Waals surface area (Å²) in [4.78, 5) is 167. The number of amides is 12. The number of phenols is 1. The van der Waals surface area contributed by atoms with E-state index in [1.807, 2.05) is 6.92 Å². The first-order valence-corrected chi connectivity index (χ1v) is 35.5. The zero-order chi connectivity index (χ0) is 75.7. The minimum absolute atomic E-state index is 0.00905. The lowest BCUT2D eigenvalue weighted by Gasteiger charge is -2.27. The Balaban J connectivity index is 2.48. The van der Waals surface area contributed by atoms with Gasteiger partial charge in [-0.05, 0) is 76.9 Å². The molecule has 102 heavy (non-hydrogen) atoms. The molecule has 0 saturated heterocycles. The summed E-state index contributed by atoms with van der Waals surface area (Å²) in [5.74, 6) is -10.4. The molecule has 0 aromatic heterocycles. The van der Waals surface area contributed by atoms with E-state index in [0.717, 1.165) is 38.5 Å². The van der Waals surface area contributed by atoms with E-state index < -0.39 is 147 Å². The van der Waals surface area contributed by atoms with Crippen LogP contribution < -0.4 is 64.6 Å². The zero-order valence-electron chi connectivity index (χ0n) is 59.9. The van der Waals surface area contributed by atoms with Crippen LogP contribution in [0.2, 0.25) is 0 Å². The van der Waals surface area contributed by atoms with Gasteiger partial charge in [0.2, 0.25) is 70.9 Å². The van der Waals surface area contributed by atoms with E-state index >= 15 is 0 Å². The Morgan fingerprint density at radius 1 is 0.412 bits per heavy atom. The summed E-state index contributed by atoms with van der Waals surface area (Å²) >= 11 is 0. The summed E-state index contributed by atoms with van der Waals surface area (Å²) in [7, 11) is 3.32. The molecule has 0 bridgehead atoms. The van der Waals surface area contributed by atoms with Crippen LogP contribution in [0.5, 0.6) is 5.75 Å². The number of phenolic OH excluding ortho intramolecular Hbond substituents is 1. The highest BCUT2D eigenvalue weighted by molar-refractivity contribution is 5.98. The Labute approximate surface area is 598 Å². The number of carbonyl (C=O) groups excluding carboxylic acids is 12. The molecule has 0 spiro atoms. The van der Waals surface area contributed by atoms with Crippen LogP contribution in [0.25, 0.3) is 0 Å². The molecule has 1 rings (SSSR count). The second kappa shape index (κ2) is 58.4. The third-order valence-corrected chi connectivity index (χ3v) is 15.7. The molecule has 0 fully saturated rings. The fourth-order valence-electron chi connectivity index (χ4n) is 9.91. The number of carbonyl (C=O) groups is 13. The molecule has 0 heterocycles. The minimum atomic E-state index is -1.83. The molecule has 0 unspecified atom stereocenters. The van der Waals surface area contributed by atoms with E-state index in [1.165, 1.54) is 76.3 Å². The number of aliphatic hydroxyl groups excluding tert-OH is 2. The van der Waals surface area contributed by atoms with Gasteiger partial charge in [-0.25, -0.2) is 0 Å². The molecule has 12 amide bonds. The summed E-state index contributed by atoms with van der Waals surface area (Å²) in [6.45, 7) is 0.0961. The predicted molar refractivity (Wildman–Crippen MR) is 374 cm³/mol. The van der Waals surface area contributed by atoms with Gasteiger partial charge in [0, 0.05) is 51.7 Å². The topological polar surface area (TPSA) is 515 Å². The van der Waals surface area contributed by atoms with E-state index in [9.17, 15) is 77.6 Å². The van der Waals surface area contributed by atoms with Gasteiger partial charge < -0.3 is 109 Å². The number of nitrogens with two attached hydrogens (primary N) is 2. The number of aliphatic hydroxyl groups is 2. The number of primary amides is 2. The number of aliphatic carboxylic acids is 1. The van der Waals surface area contributed by atoms with E-state index in [4.69, 9.17) is 35.5 Å². The number of hydrogen-bond acceptors (Lipinski definition) is 21. The summed E-state index contributed by atoms with van der Waals surface area (Å²) in [5.41, 5.74) is 11.3. The van der Waals surface area contributed by atoms with Crippen LogP contribution in [-0.4, -0.2) is 251 Å². The summed E-state index contributed by atoms with van der Waals surface area (Å²) < 4.78 is 21.5. The number of nitrogens with zero attached hydrogens (tertiary/aromatic N) is 1. The number of ether oxygens (including phenoxy) is 4. The van der Waals surface area contributed by atoms with Crippen molar-refractivity contribution in [2.45, 2.75) is 204 Å². The fourth-order valence-corrected chi connectivity index (χ4v) is 9.91. The fraction of sp³-hybridized carbons (Fsp3) is 0.721. The van der Waals surface area contributed by atoms with Crippen molar-refractivity contribution < 1.29 is 102 Å². The molecule has 34 heteroatoms. The van der Waals surface area contributed by atoms with Crippen LogP contribution in [0.15, 0.2) is 24.3 Å².